The molecule has 0 bridgehead atoms. The van der Waals surface area contributed by atoms with E-state index in [9.17, 15) is 14.4 Å². The Kier molecular flexibility index (Phi) is 11.4. The van der Waals surface area contributed by atoms with Crippen LogP contribution in [0.15, 0.2) is 96.0 Å². The lowest BCUT2D eigenvalue weighted by molar-refractivity contribution is -0.116. The molecule has 0 radical (unpaired) electrons. The van der Waals surface area contributed by atoms with Gasteiger partial charge < -0.3 is 34.5 Å². The Bertz CT molecular complexity index is 2720. The van der Waals surface area contributed by atoms with Gasteiger partial charge in [0.1, 0.15) is 13.2 Å². The Morgan fingerprint density at radius 2 is 1.41 bits per heavy atom. The van der Waals surface area contributed by atoms with Crippen LogP contribution in [0.1, 0.15) is 69.7 Å². The van der Waals surface area contributed by atoms with Crippen LogP contribution >= 0.6 is 0 Å². The molecule has 0 spiro atoms. The zero-order valence-electron chi connectivity index (χ0n) is 35.9. The second-order valence-corrected chi connectivity index (χ2v) is 20.4. The Labute approximate surface area is 374 Å². The van der Waals surface area contributed by atoms with Gasteiger partial charge in [0.05, 0.1) is 48.8 Å². The van der Waals surface area contributed by atoms with E-state index in [1.54, 1.807) is 30.2 Å². The molecule has 4 heterocycles. The Morgan fingerprint density at radius 1 is 0.810 bits per heavy atom. The molecule has 4 aliphatic rings. The molecule has 3 amide bonds. The maximum Gasteiger partial charge on any atom is 0.261 e. The summed E-state index contributed by atoms with van der Waals surface area (Å²) in [5.41, 5.74) is 8.26. The highest BCUT2D eigenvalue weighted by Gasteiger charge is 2.39. The number of hydrogen-bond acceptors (Lipinski definition) is 10. The predicted octanol–water partition coefficient (Wildman–Crippen LogP) is 8.35. The second-order valence-electron chi connectivity index (χ2n) is 16.8. The minimum atomic E-state index is -0.278. The average molecular weight is 884 g/mol. The van der Waals surface area contributed by atoms with Gasteiger partial charge in [0.15, 0.2) is 23.0 Å². The fraction of sp³-hybridized carbons (Fsp3) is 0.306. The number of para-hydroxylation sites is 2. The molecule has 324 valence electrons. The van der Waals surface area contributed by atoms with Gasteiger partial charge in [0.25, 0.3) is 11.8 Å². The molecule has 0 fully saturated rings. The number of benzene rings is 5. The number of anilines is 4. The van der Waals surface area contributed by atoms with E-state index in [1.165, 1.54) is 7.11 Å². The van der Waals surface area contributed by atoms with E-state index in [1.807, 2.05) is 84.1 Å². The predicted molar refractivity (Wildman–Crippen MR) is 252 cm³/mol. The van der Waals surface area contributed by atoms with E-state index in [-0.39, 0.29) is 57.2 Å². The van der Waals surface area contributed by atoms with Crippen LogP contribution in [-0.2, 0) is 51.5 Å². The third kappa shape index (κ3) is 8.25. The highest BCUT2D eigenvalue weighted by molar-refractivity contribution is 8.29. The fourth-order valence-corrected chi connectivity index (χ4v) is 9.35. The number of amides is 3. The first-order chi connectivity index (χ1) is 30.4. The number of fused-ring (bicyclic) bond motifs is 8. The summed E-state index contributed by atoms with van der Waals surface area (Å²) < 4.78 is 24.3. The molecule has 4 aliphatic heterocycles. The van der Waals surface area contributed by atoms with Crippen molar-refractivity contribution in [1.29, 1.82) is 0 Å². The summed E-state index contributed by atoms with van der Waals surface area (Å²) in [6.45, 7) is 4.98. The molecule has 0 aliphatic carbocycles. The standard InChI is InChI=1S/C49H49N5O7S2/c1-49(2,63(5)62)15-14-46(55)52-33-17-29(27-60-44-23-38-36(21-42(44)58-3)47(56)53-34(25-50-38)19-31-10-6-8-12-40(31)53)16-30(18-33)28-61-45-24-39-37(22-43(45)59-4)48(57)54-35(26-51-39)20-32-11-7-9-13-41(32)54/h6-13,16-18,21-25,34-35,51H,14-15,19-20,26-28H2,1-5H3,(H,52,55)/t34-,35-,63?/m0/s1. The number of ether oxygens (including phenoxy) is 4. The van der Waals surface area contributed by atoms with E-state index in [0.717, 1.165) is 40.0 Å². The lowest BCUT2D eigenvalue weighted by Crippen LogP contribution is -2.39. The highest BCUT2D eigenvalue weighted by Crippen LogP contribution is 2.43. The molecule has 1 unspecified atom stereocenters. The van der Waals surface area contributed by atoms with Crippen LogP contribution in [0.5, 0.6) is 23.0 Å². The van der Waals surface area contributed by atoms with Gasteiger partial charge in [-0.15, -0.1) is 9.45 Å². The van der Waals surface area contributed by atoms with Gasteiger partial charge in [0.2, 0.25) is 5.91 Å². The maximum atomic E-state index is 14.0. The van der Waals surface area contributed by atoms with Crippen molar-refractivity contribution in [3.63, 3.8) is 0 Å². The van der Waals surface area contributed by atoms with Gasteiger partial charge >= 0.3 is 0 Å². The van der Waals surface area contributed by atoms with Gasteiger partial charge in [-0.1, -0.05) is 61.4 Å². The Morgan fingerprint density at radius 3 is 2.08 bits per heavy atom. The van der Waals surface area contributed by atoms with Gasteiger partial charge in [-0.25, -0.2) is 0 Å². The van der Waals surface area contributed by atoms with Crippen LogP contribution in [0.3, 0.4) is 0 Å². The first-order valence-corrected chi connectivity index (χ1v) is 23.5. The second kappa shape index (κ2) is 17.1. The van der Waals surface area contributed by atoms with E-state index >= 15 is 0 Å². The molecule has 2 N–H and O–H groups in total. The summed E-state index contributed by atoms with van der Waals surface area (Å²) in [6.07, 6.45) is 6.26. The maximum absolute atomic E-state index is 14.0. The van der Waals surface area contributed by atoms with Crippen molar-refractivity contribution in [2.75, 3.05) is 47.5 Å². The molecule has 63 heavy (non-hydrogen) atoms. The first-order valence-electron chi connectivity index (χ1n) is 21.0. The van der Waals surface area contributed by atoms with Crippen LogP contribution in [0.2, 0.25) is 0 Å². The normalized spacial score (nSPS) is 17.5. The molecular formula is C49H49N5O7S2. The summed E-state index contributed by atoms with van der Waals surface area (Å²) in [6, 6.07) is 28.4. The molecular weight excluding hydrogens is 835 g/mol. The number of hydrogen-bond donors (Lipinski definition) is 2. The molecule has 5 aromatic rings. The number of carbonyl (C=O) groups excluding carboxylic acids is 3. The lowest BCUT2D eigenvalue weighted by atomic mass is 10.1. The number of nitrogens with zero attached hydrogens (tertiary/aromatic N) is 3. The third-order valence-electron chi connectivity index (χ3n) is 12.3. The van der Waals surface area contributed by atoms with Crippen molar-refractivity contribution < 1.29 is 33.3 Å². The van der Waals surface area contributed by atoms with E-state index in [4.69, 9.17) is 35.1 Å². The van der Waals surface area contributed by atoms with Gasteiger partial charge in [-0.3, -0.25) is 24.3 Å². The van der Waals surface area contributed by atoms with Crippen molar-refractivity contribution in [3.8, 4) is 23.0 Å². The molecule has 0 saturated heterocycles. The molecule has 14 heteroatoms. The van der Waals surface area contributed by atoms with Gasteiger partial charge in [0, 0.05) is 59.5 Å². The van der Waals surface area contributed by atoms with Gasteiger partial charge in [-0.2, -0.15) is 0 Å². The van der Waals surface area contributed by atoms with Crippen LogP contribution in [0.25, 0.3) is 0 Å². The molecule has 9 rings (SSSR count). The summed E-state index contributed by atoms with van der Waals surface area (Å²) in [7, 11) is 2.81. The highest BCUT2D eigenvalue weighted by atomic mass is 32.8. The monoisotopic (exact) mass is 883 g/mol. The number of aliphatic imine (C=N–C) groups is 1. The summed E-state index contributed by atoms with van der Waals surface area (Å²) in [5, 5.41) is 6.58. The molecule has 0 saturated carbocycles. The number of nitrogens with one attached hydrogen (secondary N) is 2. The largest absolute Gasteiger partial charge is 0.493 e. The molecule has 5 aromatic carbocycles. The average Bonchev–Trinajstić information content (AvgIpc) is 3.77. The molecule has 0 aromatic heterocycles. The van der Waals surface area contributed by atoms with E-state index < -0.39 is 0 Å². The third-order valence-corrected chi connectivity index (χ3v) is 15.5. The van der Waals surface area contributed by atoms with Crippen molar-refractivity contribution in [3.05, 3.63) is 124 Å². The number of rotatable bonds is 13. The number of carbonyl (C=O) groups is 3. The zero-order chi connectivity index (χ0) is 44.0. The van der Waals surface area contributed by atoms with Crippen LogP contribution in [-0.4, -0.2) is 67.8 Å². The quantitative estimate of drug-likeness (QED) is 0.120. The van der Waals surface area contributed by atoms with Gasteiger partial charge in [-0.05, 0) is 83.8 Å². The Hall–Kier alpha value is -6.25. The summed E-state index contributed by atoms with van der Waals surface area (Å²) in [5.74, 6) is 1.31. The van der Waals surface area contributed by atoms with Crippen LogP contribution < -0.4 is 39.4 Å². The van der Waals surface area contributed by atoms with Crippen molar-refractivity contribution in [2.24, 2.45) is 4.99 Å². The van der Waals surface area contributed by atoms with Crippen LogP contribution in [0, 0.1) is 0 Å². The Balaban J connectivity index is 0.972. The molecule has 12 nitrogen and oxygen atoms in total. The number of methoxy groups -OCH3 is 2. The topological polar surface area (TPSA) is 131 Å². The van der Waals surface area contributed by atoms with Crippen molar-refractivity contribution >= 4 is 73.0 Å². The fourth-order valence-electron chi connectivity index (χ4n) is 8.71. The minimum absolute atomic E-state index is 0.0144. The summed E-state index contributed by atoms with van der Waals surface area (Å²) >= 11 is 5.56. The lowest BCUT2D eigenvalue weighted by Gasteiger charge is -2.24. The summed E-state index contributed by atoms with van der Waals surface area (Å²) in [4.78, 5) is 49.8. The van der Waals surface area contributed by atoms with E-state index in [2.05, 4.69) is 30.5 Å². The zero-order valence-corrected chi connectivity index (χ0v) is 37.5. The minimum Gasteiger partial charge on any atom is -0.493 e. The molecule has 3 atom stereocenters. The SMILES string of the molecule is COc1cc2c(cc1OCc1cc(COc3cc4c(cc3OC)C(=O)N3c5ccccc5C[C@H]3CN4)cc(NC(=O)CCC(C)(C)S(C)=S)c1)N=C[C@@H]1Cc3ccccc3N1C2=O. The van der Waals surface area contributed by atoms with Crippen molar-refractivity contribution in [1.82, 2.24) is 0 Å². The first kappa shape index (κ1) is 42.1. The van der Waals surface area contributed by atoms with Crippen molar-refractivity contribution in [2.45, 2.75) is 69.6 Å². The van der Waals surface area contributed by atoms with Crippen LogP contribution in [0.4, 0.5) is 28.4 Å². The smallest absolute Gasteiger partial charge is 0.261 e. The van der Waals surface area contributed by atoms with E-state index in [0.29, 0.717) is 77.0 Å².